The second kappa shape index (κ2) is 8.54. The van der Waals surface area contributed by atoms with Gasteiger partial charge in [-0.3, -0.25) is 4.79 Å². The van der Waals surface area contributed by atoms with E-state index in [1.807, 2.05) is 0 Å². The Kier molecular flexibility index (Phi) is 7.39. The third kappa shape index (κ3) is 5.49. The van der Waals surface area contributed by atoms with Crippen molar-refractivity contribution in [3.05, 3.63) is 0 Å². The highest BCUT2D eigenvalue weighted by Gasteiger charge is 2.27. The maximum atomic E-state index is 12.0. The number of rotatable bonds is 8. The van der Waals surface area contributed by atoms with Crippen molar-refractivity contribution in [1.82, 2.24) is 5.32 Å². The monoisotopic (exact) mass is 270 g/mol. The van der Waals surface area contributed by atoms with Gasteiger partial charge in [0.25, 0.3) is 0 Å². The van der Waals surface area contributed by atoms with Crippen molar-refractivity contribution in [1.29, 1.82) is 0 Å². The van der Waals surface area contributed by atoms with Gasteiger partial charge in [-0.25, -0.2) is 0 Å². The minimum atomic E-state index is 0.132. The number of carbonyl (C=O) groups is 1. The SMILES string of the molecule is CC(C)C(CCN)CCC(=O)NC1CCCC1CO. The van der Waals surface area contributed by atoms with Crippen LogP contribution in [0.3, 0.4) is 0 Å². The molecule has 0 aromatic heterocycles. The van der Waals surface area contributed by atoms with E-state index in [1.165, 1.54) is 0 Å². The fourth-order valence-electron chi connectivity index (χ4n) is 3.07. The molecular formula is C15H30N2O2. The Labute approximate surface area is 117 Å². The topological polar surface area (TPSA) is 75.4 Å². The van der Waals surface area contributed by atoms with E-state index in [0.29, 0.717) is 24.8 Å². The number of carbonyl (C=O) groups excluding carboxylic acids is 1. The van der Waals surface area contributed by atoms with Gasteiger partial charge in [0.05, 0.1) is 0 Å². The van der Waals surface area contributed by atoms with Gasteiger partial charge in [-0.05, 0) is 44.1 Å². The molecule has 1 fully saturated rings. The highest BCUT2D eigenvalue weighted by molar-refractivity contribution is 5.76. The lowest BCUT2D eigenvalue weighted by Crippen LogP contribution is -2.38. The van der Waals surface area contributed by atoms with Gasteiger partial charge in [0.15, 0.2) is 0 Å². The number of hydrogen-bond donors (Lipinski definition) is 3. The summed E-state index contributed by atoms with van der Waals surface area (Å²) in [6, 6.07) is 0.185. The van der Waals surface area contributed by atoms with Crippen molar-refractivity contribution < 1.29 is 9.90 Å². The second-order valence-corrected chi connectivity index (χ2v) is 6.17. The zero-order valence-corrected chi connectivity index (χ0v) is 12.4. The molecule has 3 atom stereocenters. The molecule has 19 heavy (non-hydrogen) atoms. The Hall–Kier alpha value is -0.610. The Morgan fingerprint density at radius 3 is 2.68 bits per heavy atom. The van der Waals surface area contributed by atoms with Crippen LogP contribution in [0.15, 0.2) is 0 Å². The molecule has 0 aromatic carbocycles. The van der Waals surface area contributed by atoms with Crippen LogP contribution in [0.2, 0.25) is 0 Å². The zero-order valence-electron chi connectivity index (χ0n) is 12.4. The van der Waals surface area contributed by atoms with Crippen LogP contribution in [-0.2, 0) is 4.79 Å². The molecule has 3 unspecified atom stereocenters. The first-order valence-corrected chi connectivity index (χ1v) is 7.68. The van der Waals surface area contributed by atoms with E-state index in [4.69, 9.17) is 5.73 Å². The molecule has 1 saturated carbocycles. The zero-order chi connectivity index (χ0) is 14.3. The minimum absolute atomic E-state index is 0.132. The van der Waals surface area contributed by atoms with E-state index in [0.717, 1.165) is 32.1 Å². The van der Waals surface area contributed by atoms with Crippen molar-refractivity contribution in [2.75, 3.05) is 13.2 Å². The standard InChI is InChI=1S/C15H30N2O2/c1-11(2)12(8-9-16)6-7-15(19)17-14-5-3-4-13(14)10-18/h11-14,18H,3-10,16H2,1-2H3,(H,17,19). The van der Waals surface area contributed by atoms with E-state index in [2.05, 4.69) is 19.2 Å². The van der Waals surface area contributed by atoms with Gasteiger partial charge in [-0.15, -0.1) is 0 Å². The Morgan fingerprint density at radius 1 is 1.37 bits per heavy atom. The molecule has 0 spiro atoms. The molecule has 4 nitrogen and oxygen atoms in total. The first kappa shape index (κ1) is 16.4. The van der Waals surface area contributed by atoms with Crippen LogP contribution in [0.1, 0.15) is 52.4 Å². The lowest BCUT2D eigenvalue weighted by atomic mass is 9.88. The van der Waals surface area contributed by atoms with Crippen LogP contribution in [-0.4, -0.2) is 30.2 Å². The average Bonchev–Trinajstić information content (AvgIpc) is 2.81. The van der Waals surface area contributed by atoms with Gasteiger partial charge >= 0.3 is 0 Å². The van der Waals surface area contributed by atoms with Gasteiger partial charge in [0.2, 0.25) is 5.91 Å². The normalized spacial score (nSPS) is 24.7. The summed E-state index contributed by atoms with van der Waals surface area (Å²) in [5.74, 6) is 1.50. The van der Waals surface area contributed by atoms with Crippen molar-refractivity contribution in [3.63, 3.8) is 0 Å². The van der Waals surface area contributed by atoms with Crippen LogP contribution < -0.4 is 11.1 Å². The molecule has 1 aliphatic carbocycles. The number of aliphatic hydroxyl groups is 1. The summed E-state index contributed by atoms with van der Waals surface area (Å²) in [6.07, 6.45) is 5.64. The number of nitrogens with two attached hydrogens (primary N) is 1. The summed E-state index contributed by atoms with van der Waals surface area (Å²) >= 11 is 0. The molecule has 1 amide bonds. The molecule has 1 rings (SSSR count). The number of aliphatic hydroxyl groups excluding tert-OH is 1. The van der Waals surface area contributed by atoms with Crippen molar-refractivity contribution >= 4 is 5.91 Å². The molecule has 4 heteroatoms. The summed E-state index contributed by atoms with van der Waals surface area (Å²) in [7, 11) is 0. The van der Waals surface area contributed by atoms with E-state index in [9.17, 15) is 9.90 Å². The summed E-state index contributed by atoms with van der Waals surface area (Å²) in [6.45, 7) is 5.26. The van der Waals surface area contributed by atoms with Gasteiger partial charge in [-0.2, -0.15) is 0 Å². The van der Waals surface area contributed by atoms with Gasteiger partial charge in [0, 0.05) is 25.0 Å². The molecule has 0 aliphatic heterocycles. The molecule has 0 aromatic rings. The summed E-state index contributed by atoms with van der Waals surface area (Å²) in [4.78, 5) is 12.0. The maximum absolute atomic E-state index is 12.0. The van der Waals surface area contributed by atoms with Crippen molar-refractivity contribution in [3.8, 4) is 0 Å². The average molecular weight is 270 g/mol. The second-order valence-electron chi connectivity index (χ2n) is 6.17. The van der Waals surface area contributed by atoms with Crippen LogP contribution in [0.4, 0.5) is 0 Å². The van der Waals surface area contributed by atoms with Gasteiger partial charge in [0.1, 0.15) is 0 Å². The van der Waals surface area contributed by atoms with Crippen LogP contribution in [0.5, 0.6) is 0 Å². The van der Waals surface area contributed by atoms with Crippen molar-refractivity contribution in [2.45, 2.75) is 58.4 Å². The largest absolute Gasteiger partial charge is 0.396 e. The van der Waals surface area contributed by atoms with E-state index in [1.54, 1.807) is 0 Å². The molecule has 112 valence electrons. The molecule has 0 saturated heterocycles. The Morgan fingerprint density at radius 2 is 2.11 bits per heavy atom. The predicted molar refractivity (Wildman–Crippen MR) is 77.6 cm³/mol. The fourth-order valence-corrected chi connectivity index (χ4v) is 3.07. The molecule has 0 heterocycles. The van der Waals surface area contributed by atoms with E-state index in [-0.39, 0.29) is 24.5 Å². The van der Waals surface area contributed by atoms with Gasteiger partial charge < -0.3 is 16.2 Å². The summed E-state index contributed by atoms with van der Waals surface area (Å²) < 4.78 is 0. The third-order valence-corrected chi connectivity index (χ3v) is 4.46. The number of amides is 1. The van der Waals surface area contributed by atoms with Crippen molar-refractivity contribution in [2.24, 2.45) is 23.5 Å². The predicted octanol–water partition coefficient (Wildman–Crippen LogP) is 1.66. The summed E-state index contributed by atoms with van der Waals surface area (Å²) in [5.41, 5.74) is 5.61. The number of hydrogen-bond acceptors (Lipinski definition) is 3. The summed E-state index contributed by atoms with van der Waals surface area (Å²) in [5, 5.41) is 12.3. The first-order chi connectivity index (χ1) is 9.08. The first-order valence-electron chi connectivity index (χ1n) is 7.68. The quantitative estimate of drug-likeness (QED) is 0.628. The lowest BCUT2D eigenvalue weighted by Gasteiger charge is -2.22. The van der Waals surface area contributed by atoms with E-state index >= 15 is 0 Å². The third-order valence-electron chi connectivity index (χ3n) is 4.46. The van der Waals surface area contributed by atoms with Crippen LogP contribution >= 0.6 is 0 Å². The lowest BCUT2D eigenvalue weighted by molar-refractivity contribution is -0.122. The Balaban J connectivity index is 2.30. The molecule has 1 aliphatic rings. The smallest absolute Gasteiger partial charge is 0.220 e. The highest BCUT2D eigenvalue weighted by Crippen LogP contribution is 2.25. The minimum Gasteiger partial charge on any atom is -0.396 e. The number of nitrogens with one attached hydrogen (secondary N) is 1. The highest BCUT2D eigenvalue weighted by atomic mass is 16.3. The van der Waals surface area contributed by atoms with Crippen LogP contribution in [0.25, 0.3) is 0 Å². The van der Waals surface area contributed by atoms with Crippen LogP contribution in [0, 0.1) is 17.8 Å². The molecular weight excluding hydrogens is 240 g/mol. The molecule has 4 N–H and O–H groups in total. The molecule has 0 bridgehead atoms. The Bertz CT molecular complexity index is 269. The van der Waals surface area contributed by atoms with Gasteiger partial charge in [-0.1, -0.05) is 20.3 Å². The maximum Gasteiger partial charge on any atom is 0.220 e. The molecule has 0 radical (unpaired) electrons. The van der Waals surface area contributed by atoms with E-state index < -0.39 is 0 Å². The fraction of sp³-hybridized carbons (Fsp3) is 0.933.